The number of ether oxygens (including phenoxy) is 1. The SMILES string of the molecule is CC(C)c1cc(C(=O)NCc2ccc(CN3CCOCC3)cc2)nn1C(C)(C)C. The van der Waals surface area contributed by atoms with E-state index < -0.39 is 0 Å². The fraction of sp³-hybridized carbons (Fsp3) is 0.565. The Morgan fingerprint density at radius 1 is 1.14 bits per heavy atom. The molecular weight excluding hydrogens is 364 g/mol. The van der Waals surface area contributed by atoms with Crippen molar-refractivity contribution < 1.29 is 9.53 Å². The van der Waals surface area contributed by atoms with Gasteiger partial charge < -0.3 is 10.1 Å². The van der Waals surface area contributed by atoms with Crippen molar-refractivity contribution in [2.45, 2.75) is 59.2 Å². The highest BCUT2D eigenvalue weighted by atomic mass is 16.5. The van der Waals surface area contributed by atoms with Crippen LogP contribution in [0.3, 0.4) is 0 Å². The van der Waals surface area contributed by atoms with Crippen molar-refractivity contribution in [3.63, 3.8) is 0 Å². The number of aromatic nitrogens is 2. The molecule has 1 aromatic carbocycles. The number of hydrogen-bond donors (Lipinski definition) is 1. The number of benzene rings is 1. The van der Waals surface area contributed by atoms with E-state index in [9.17, 15) is 4.79 Å². The van der Waals surface area contributed by atoms with Crippen molar-refractivity contribution in [1.82, 2.24) is 20.0 Å². The molecule has 1 N–H and O–H groups in total. The lowest BCUT2D eigenvalue weighted by Crippen LogP contribution is -2.35. The molecule has 29 heavy (non-hydrogen) atoms. The second kappa shape index (κ2) is 9.09. The zero-order valence-corrected chi connectivity index (χ0v) is 18.4. The van der Waals surface area contributed by atoms with Gasteiger partial charge >= 0.3 is 0 Å². The topological polar surface area (TPSA) is 59.4 Å². The molecule has 2 aromatic rings. The Bertz CT molecular complexity index is 812. The molecule has 0 bridgehead atoms. The summed E-state index contributed by atoms with van der Waals surface area (Å²) in [5.74, 6) is 0.176. The standard InChI is InChI=1S/C23H34N4O2/c1-17(2)21-14-20(25-27(21)23(3,4)5)22(28)24-15-18-6-8-19(9-7-18)16-26-10-12-29-13-11-26/h6-9,14,17H,10-13,15-16H2,1-5H3,(H,24,28). The normalized spacial score (nSPS) is 15.7. The minimum atomic E-state index is -0.158. The van der Waals surface area contributed by atoms with Gasteiger partial charge in [0.1, 0.15) is 5.69 Å². The van der Waals surface area contributed by atoms with E-state index in [2.05, 4.69) is 74.2 Å². The molecule has 3 rings (SSSR count). The number of carbonyl (C=O) groups is 1. The van der Waals surface area contributed by atoms with Crippen LogP contribution in [0.5, 0.6) is 0 Å². The zero-order valence-electron chi connectivity index (χ0n) is 18.4. The van der Waals surface area contributed by atoms with Crippen LogP contribution in [-0.4, -0.2) is 46.9 Å². The smallest absolute Gasteiger partial charge is 0.272 e. The largest absolute Gasteiger partial charge is 0.379 e. The van der Waals surface area contributed by atoms with Gasteiger partial charge in [0.2, 0.25) is 0 Å². The number of morpholine rings is 1. The summed E-state index contributed by atoms with van der Waals surface area (Å²) in [7, 11) is 0. The maximum Gasteiger partial charge on any atom is 0.272 e. The van der Waals surface area contributed by atoms with Gasteiger partial charge in [-0.3, -0.25) is 14.4 Å². The van der Waals surface area contributed by atoms with E-state index >= 15 is 0 Å². The Morgan fingerprint density at radius 3 is 2.31 bits per heavy atom. The summed E-state index contributed by atoms with van der Waals surface area (Å²) in [4.78, 5) is 15.1. The Labute approximate surface area is 174 Å². The maximum atomic E-state index is 12.7. The molecule has 0 saturated carbocycles. The van der Waals surface area contributed by atoms with Crippen LogP contribution in [0, 0.1) is 0 Å². The molecule has 0 spiro atoms. The van der Waals surface area contributed by atoms with Crippen LogP contribution in [0.1, 0.15) is 67.8 Å². The summed E-state index contributed by atoms with van der Waals surface area (Å²) >= 11 is 0. The van der Waals surface area contributed by atoms with Crippen molar-refractivity contribution in [3.8, 4) is 0 Å². The lowest BCUT2D eigenvalue weighted by Gasteiger charge is -2.26. The molecule has 1 aliphatic heterocycles. The zero-order chi connectivity index (χ0) is 21.0. The van der Waals surface area contributed by atoms with Gasteiger partial charge in [-0.25, -0.2) is 0 Å². The Hall–Kier alpha value is -2.18. The predicted molar refractivity (Wildman–Crippen MR) is 115 cm³/mol. The van der Waals surface area contributed by atoms with E-state index in [4.69, 9.17) is 4.74 Å². The van der Waals surface area contributed by atoms with Gasteiger partial charge in [-0.15, -0.1) is 0 Å². The number of nitrogens with zero attached hydrogens (tertiary/aromatic N) is 3. The molecule has 1 saturated heterocycles. The van der Waals surface area contributed by atoms with Crippen molar-refractivity contribution in [1.29, 1.82) is 0 Å². The van der Waals surface area contributed by atoms with E-state index in [0.29, 0.717) is 18.2 Å². The average molecular weight is 399 g/mol. The number of carbonyl (C=O) groups excluding carboxylic acids is 1. The van der Waals surface area contributed by atoms with Gasteiger partial charge in [0.05, 0.1) is 18.8 Å². The van der Waals surface area contributed by atoms with Gasteiger partial charge in [0, 0.05) is 31.9 Å². The lowest BCUT2D eigenvalue weighted by atomic mass is 10.1. The predicted octanol–water partition coefficient (Wildman–Crippen LogP) is 3.52. The molecule has 0 radical (unpaired) electrons. The third-order valence-corrected chi connectivity index (χ3v) is 5.18. The monoisotopic (exact) mass is 398 g/mol. The van der Waals surface area contributed by atoms with Crippen molar-refractivity contribution in [2.24, 2.45) is 0 Å². The molecule has 1 aromatic heterocycles. The first-order chi connectivity index (χ1) is 13.7. The summed E-state index contributed by atoms with van der Waals surface area (Å²) < 4.78 is 7.36. The summed E-state index contributed by atoms with van der Waals surface area (Å²) in [6.07, 6.45) is 0. The molecule has 158 valence electrons. The Kier molecular flexibility index (Phi) is 6.75. The summed E-state index contributed by atoms with van der Waals surface area (Å²) in [5.41, 5.74) is 3.77. The van der Waals surface area contributed by atoms with Gasteiger partial charge in [-0.2, -0.15) is 5.10 Å². The summed E-state index contributed by atoms with van der Waals surface area (Å²) in [6, 6.07) is 10.4. The van der Waals surface area contributed by atoms with Crippen molar-refractivity contribution >= 4 is 5.91 Å². The van der Waals surface area contributed by atoms with Crippen LogP contribution < -0.4 is 5.32 Å². The van der Waals surface area contributed by atoms with Gasteiger partial charge in [0.25, 0.3) is 5.91 Å². The van der Waals surface area contributed by atoms with Crippen molar-refractivity contribution in [2.75, 3.05) is 26.3 Å². The molecule has 0 atom stereocenters. The number of hydrogen-bond acceptors (Lipinski definition) is 4. The maximum absolute atomic E-state index is 12.7. The molecule has 2 heterocycles. The summed E-state index contributed by atoms with van der Waals surface area (Å²) in [6.45, 7) is 15.6. The highest BCUT2D eigenvalue weighted by Gasteiger charge is 2.23. The fourth-order valence-corrected chi connectivity index (χ4v) is 3.51. The van der Waals surface area contributed by atoms with Gasteiger partial charge in [-0.1, -0.05) is 38.1 Å². The quantitative estimate of drug-likeness (QED) is 0.809. The van der Waals surface area contributed by atoms with E-state index in [0.717, 1.165) is 44.1 Å². The summed E-state index contributed by atoms with van der Waals surface area (Å²) in [5, 5.41) is 7.59. The number of amides is 1. The van der Waals surface area contributed by atoms with Crippen LogP contribution in [0.2, 0.25) is 0 Å². The molecule has 6 heteroatoms. The molecule has 6 nitrogen and oxygen atoms in total. The molecule has 1 aliphatic rings. The second-order valence-corrected chi connectivity index (χ2v) is 9.08. The Balaban J connectivity index is 1.59. The van der Waals surface area contributed by atoms with Crippen LogP contribution in [0.25, 0.3) is 0 Å². The fourth-order valence-electron chi connectivity index (χ4n) is 3.51. The lowest BCUT2D eigenvalue weighted by molar-refractivity contribution is 0.0342. The first-order valence-corrected chi connectivity index (χ1v) is 10.5. The van der Waals surface area contributed by atoms with E-state index in [1.54, 1.807) is 0 Å². The second-order valence-electron chi connectivity index (χ2n) is 9.08. The van der Waals surface area contributed by atoms with Crippen LogP contribution in [0.15, 0.2) is 30.3 Å². The Morgan fingerprint density at radius 2 is 1.76 bits per heavy atom. The molecule has 1 fully saturated rings. The van der Waals surface area contributed by atoms with Gasteiger partial charge in [-0.05, 0) is 43.9 Å². The van der Waals surface area contributed by atoms with Crippen LogP contribution in [-0.2, 0) is 23.4 Å². The highest BCUT2D eigenvalue weighted by Crippen LogP contribution is 2.23. The minimum Gasteiger partial charge on any atom is -0.379 e. The third kappa shape index (κ3) is 5.67. The first-order valence-electron chi connectivity index (χ1n) is 10.5. The highest BCUT2D eigenvalue weighted by molar-refractivity contribution is 5.92. The van der Waals surface area contributed by atoms with E-state index in [1.807, 2.05) is 10.7 Å². The number of nitrogens with one attached hydrogen (secondary N) is 1. The molecule has 0 unspecified atom stereocenters. The van der Waals surface area contributed by atoms with Crippen LogP contribution >= 0.6 is 0 Å². The third-order valence-electron chi connectivity index (χ3n) is 5.18. The van der Waals surface area contributed by atoms with Crippen molar-refractivity contribution in [3.05, 3.63) is 52.8 Å². The minimum absolute atomic E-state index is 0.132. The molecule has 0 aliphatic carbocycles. The van der Waals surface area contributed by atoms with Gasteiger partial charge in [0.15, 0.2) is 0 Å². The average Bonchev–Trinajstić information content (AvgIpc) is 3.15. The molecule has 1 amide bonds. The first kappa shape index (κ1) is 21.5. The number of rotatable bonds is 6. The van der Waals surface area contributed by atoms with Crippen LogP contribution in [0.4, 0.5) is 0 Å². The molecular formula is C23H34N4O2. The van der Waals surface area contributed by atoms with E-state index in [1.165, 1.54) is 5.56 Å². The van der Waals surface area contributed by atoms with E-state index in [-0.39, 0.29) is 11.4 Å².